The van der Waals surface area contributed by atoms with Gasteiger partial charge in [0.15, 0.2) is 0 Å². The second-order valence-corrected chi connectivity index (χ2v) is 7.71. The zero-order valence-electron chi connectivity index (χ0n) is 17.0. The summed E-state index contributed by atoms with van der Waals surface area (Å²) in [6.07, 6.45) is -0.0172. The number of aromatic nitrogens is 1. The third-order valence-electron chi connectivity index (χ3n) is 5.29. The number of hydrogen-bond acceptors (Lipinski definition) is 6. The molecule has 0 bridgehead atoms. The molecule has 30 heavy (non-hydrogen) atoms. The second kappa shape index (κ2) is 10.6. The van der Waals surface area contributed by atoms with Crippen LogP contribution in [0.15, 0.2) is 42.6 Å². The van der Waals surface area contributed by atoms with Crippen molar-refractivity contribution in [2.75, 3.05) is 57.8 Å². The van der Waals surface area contributed by atoms with Gasteiger partial charge in [0.2, 0.25) is 0 Å². The Bertz CT molecular complexity index is 828. The number of likely N-dealkylation sites (N-methyl/N-ethyl adjacent to an activating group) is 1. The topological polar surface area (TPSA) is 92.2 Å². The molecular weight excluding hydrogens is 406 g/mol. The van der Waals surface area contributed by atoms with Gasteiger partial charge in [-0.15, -0.1) is 0 Å². The molecule has 1 aliphatic heterocycles. The Balaban J connectivity index is 1.50. The average Bonchev–Trinajstić information content (AvgIpc) is 2.76. The highest BCUT2D eigenvalue weighted by molar-refractivity contribution is 6.30. The molecule has 0 radical (unpaired) electrons. The van der Waals surface area contributed by atoms with Crippen LogP contribution in [0.1, 0.15) is 0 Å². The van der Waals surface area contributed by atoms with Gasteiger partial charge in [0.05, 0.1) is 6.54 Å². The van der Waals surface area contributed by atoms with Gasteiger partial charge in [-0.3, -0.25) is 10.2 Å². The van der Waals surface area contributed by atoms with Crippen molar-refractivity contribution in [1.82, 2.24) is 20.1 Å². The number of amides is 1. The molecule has 1 saturated heterocycles. The van der Waals surface area contributed by atoms with E-state index in [4.69, 9.17) is 11.6 Å². The molecule has 1 atom stereocenters. The first-order valence-electron chi connectivity index (χ1n) is 9.99. The molecule has 1 amide bonds. The number of carboxylic acid groups (broad SMARTS) is 1. The molecule has 162 valence electrons. The summed E-state index contributed by atoms with van der Waals surface area (Å²) < 4.78 is 0. The molecule has 9 heteroatoms. The second-order valence-electron chi connectivity index (χ2n) is 7.28. The lowest BCUT2D eigenvalue weighted by Crippen LogP contribution is -2.50. The van der Waals surface area contributed by atoms with E-state index in [1.165, 1.54) is 4.90 Å². The number of nitrogens with one attached hydrogen (secondary N) is 1. The van der Waals surface area contributed by atoms with Crippen molar-refractivity contribution in [1.29, 1.82) is 0 Å². The Morgan fingerprint density at radius 3 is 2.60 bits per heavy atom. The lowest BCUT2D eigenvalue weighted by atomic mass is 10.1. The van der Waals surface area contributed by atoms with E-state index in [0.29, 0.717) is 18.1 Å². The minimum Gasteiger partial charge on any atom is -0.465 e. The first kappa shape index (κ1) is 22.3. The van der Waals surface area contributed by atoms with Crippen molar-refractivity contribution in [3.63, 3.8) is 0 Å². The molecular formula is C21H28ClN5O3. The summed E-state index contributed by atoms with van der Waals surface area (Å²) in [5.41, 5.74) is 2.06. The number of rotatable bonds is 8. The van der Waals surface area contributed by atoms with Crippen molar-refractivity contribution in [3.05, 3.63) is 47.6 Å². The zero-order chi connectivity index (χ0) is 21.5. The Hall–Kier alpha value is -2.39. The van der Waals surface area contributed by atoms with Gasteiger partial charge in [0.1, 0.15) is 12.0 Å². The smallest absolute Gasteiger partial charge is 0.407 e. The van der Waals surface area contributed by atoms with E-state index in [2.05, 4.69) is 26.2 Å². The van der Waals surface area contributed by atoms with Crippen molar-refractivity contribution < 1.29 is 15.0 Å². The van der Waals surface area contributed by atoms with Gasteiger partial charge >= 0.3 is 6.09 Å². The van der Waals surface area contributed by atoms with Gasteiger partial charge in [0, 0.05) is 56.1 Å². The molecule has 1 fully saturated rings. The van der Waals surface area contributed by atoms with Crippen LogP contribution in [0.5, 0.6) is 0 Å². The number of aliphatic hydroxyl groups is 1. The maximum atomic E-state index is 11.4. The van der Waals surface area contributed by atoms with Crippen molar-refractivity contribution in [2.45, 2.75) is 6.23 Å². The molecule has 3 N–H and O–H groups in total. The average molecular weight is 434 g/mol. The molecule has 1 aromatic carbocycles. The van der Waals surface area contributed by atoms with E-state index >= 15 is 0 Å². The van der Waals surface area contributed by atoms with Crippen molar-refractivity contribution in [3.8, 4) is 11.1 Å². The zero-order valence-corrected chi connectivity index (χ0v) is 17.8. The number of hydrogen-bond donors (Lipinski definition) is 3. The van der Waals surface area contributed by atoms with Crippen LogP contribution in [0, 0.1) is 0 Å². The number of anilines is 1. The minimum absolute atomic E-state index is 0.0503. The summed E-state index contributed by atoms with van der Waals surface area (Å²) in [6.45, 7) is 4.37. The molecule has 8 nitrogen and oxygen atoms in total. The van der Waals surface area contributed by atoms with Crippen LogP contribution < -0.4 is 10.2 Å². The van der Waals surface area contributed by atoms with E-state index < -0.39 is 12.3 Å². The maximum Gasteiger partial charge on any atom is 0.407 e. The van der Waals surface area contributed by atoms with Crippen LogP contribution in [0.25, 0.3) is 11.1 Å². The number of aliphatic hydroxyl groups excluding tert-OH is 1. The Labute approximate surface area is 181 Å². The van der Waals surface area contributed by atoms with E-state index in [9.17, 15) is 15.0 Å². The summed E-state index contributed by atoms with van der Waals surface area (Å²) in [4.78, 5) is 21.7. The number of pyridine rings is 1. The molecule has 1 unspecified atom stereocenters. The molecule has 0 saturated carbocycles. The maximum absolute atomic E-state index is 11.4. The highest BCUT2D eigenvalue weighted by Crippen LogP contribution is 2.24. The Morgan fingerprint density at radius 1 is 1.23 bits per heavy atom. The predicted molar refractivity (Wildman–Crippen MR) is 118 cm³/mol. The fraction of sp³-hybridized carbons (Fsp3) is 0.429. The minimum atomic E-state index is -1.02. The summed E-state index contributed by atoms with van der Waals surface area (Å²) in [6, 6.07) is 11.8. The summed E-state index contributed by atoms with van der Waals surface area (Å²) in [5.74, 6) is 0.935. The number of carbonyl (C=O) groups is 1. The van der Waals surface area contributed by atoms with Crippen LogP contribution in [-0.2, 0) is 0 Å². The largest absolute Gasteiger partial charge is 0.465 e. The van der Waals surface area contributed by atoms with E-state index in [-0.39, 0.29) is 6.54 Å². The normalized spacial score (nSPS) is 15.8. The summed E-state index contributed by atoms with van der Waals surface area (Å²) in [5, 5.41) is 22.3. The number of piperazine rings is 1. The molecule has 1 aliphatic rings. The third kappa shape index (κ3) is 6.06. The first-order chi connectivity index (χ1) is 14.5. The number of benzene rings is 1. The first-order valence-corrected chi connectivity index (χ1v) is 10.4. The highest BCUT2D eigenvalue weighted by Gasteiger charge is 2.21. The van der Waals surface area contributed by atoms with Crippen LogP contribution in [0.4, 0.5) is 10.6 Å². The van der Waals surface area contributed by atoms with Gasteiger partial charge in [-0.05, 0) is 36.9 Å². The molecule has 0 spiro atoms. The van der Waals surface area contributed by atoms with Crippen LogP contribution in [-0.4, -0.2) is 90.2 Å². The number of nitrogens with zero attached hydrogens (tertiary/aromatic N) is 4. The van der Waals surface area contributed by atoms with Gasteiger partial charge in [0.25, 0.3) is 0 Å². The standard InChI is InChI=1S/C21H28ClN5O3/c1-23-20(28)15-27(21(29)30)12-9-25-7-10-26(11-8-25)19-6-5-17(14-24-19)16-3-2-4-18(22)13-16/h2-6,13-14,20,23,28H,7-12,15H2,1H3,(H,29,30). The molecule has 2 heterocycles. The fourth-order valence-corrected chi connectivity index (χ4v) is 3.63. The predicted octanol–water partition coefficient (Wildman–Crippen LogP) is 2.04. The SMILES string of the molecule is CNC(O)CN(CCN1CCN(c2ccc(-c3cccc(Cl)c3)cn2)CC1)C(=O)O. The molecule has 1 aromatic heterocycles. The van der Waals surface area contributed by atoms with Crippen molar-refractivity contribution in [2.24, 2.45) is 0 Å². The lowest BCUT2D eigenvalue weighted by Gasteiger charge is -2.36. The molecule has 2 aromatic rings. The number of halogens is 1. The van der Waals surface area contributed by atoms with Gasteiger partial charge < -0.3 is 20.0 Å². The quantitative estimate of drug-likeness (QED) is 0.548. The van der Waals surface area contributed by atoms with Gasteiger partial charge in [-0.1, -0.05) is 23.7 Å². The lowest BCUT2D eigenvalue weighted by molar-refractivity contribution is 0.0772. The third-order valence-corrected chi connectivity index (χ3v) is 5.52. The summed E-state index contributed by atoms with van der Waals surface area (Å²) in [7, 11) is 1.60. The molecule has 0 aliphatic carbocycles. The fourth-order valence-electron chi connectivity index (χ4n) is 3.44. The van der Waals surface area contributed by atoms with E-state index in [0.717, 1.165) is 43.1 Å². The van der Waals surface area contributed by atoms with E-state index in [1.807, 2.05) is 36.5 Å². The van der Waals surface area contributed by atoms with Crippen LogP contribution in [0.3, 0.4) is 0 Å². The summed E-state index contributed by atoms with van der Waals surface area (Å²) >= 11 is 6.07. The van der Waals surface area contributed by atoms with Crippen LogP contribution in [0.2, 0.25) is 5.02 Å². The van der Waals surface area contributed by atoms with Gasteiger partial charge in [-0.25, -0.2) is 9.78 Å². The van der Waals surface area contributed by atoms with Crippen LogP contribution >= 0.6 is 11.6 Å². The highest BCUT2D eigenvalue weighted by atomic mass is 35.5. The van der Waals surface area contributed by atoms with E-state index in [1.54, 1.807) is 7.05 Å². The Morgan fingerprint density at radius 2 is 2.00 bits per heavy atom. The van der Waals surface area contributed by atoms with Crippen molar-refractivity contribution >= 4 is 23.5 Å². The Kier molecular flexibility index (Phi) is 7.87. The monoisotopic (exact) mass is 433 g/mol. The van der Waals surface area contributed by atoms with Gasteiger partial charge in [-0.2, -0.15) is 0 Å². The molecule has 3 rings (SSSR count).